The SMILES string of the molecule is O=C(O)C(O)c1ccc(-c2cc(Cl)c(Cl)c(Cl)c2)cc1Cl. The predicted octanol–water partition coefficient (Wildman–Crippen LogP) is 5.09. The largest absolute Gasteiger partial charge is 0.479 e. The van der Waals surface area contributed by atoms with Crippen molar-refractivity contribution in [2.45, 2.75) is 6.10 Å². The zero-order valence-corrected chi connectivity index (χ0v) is 13.3. The van der Waals surface area contributed by atoms with Crippen LogP contribution in [0, 0.1) is 0 Å². The van der Waals surface area contributed by atoms with E-state index in [0.29, 0.717) is 21.2 Å². The van der Waals surface area contributed by atoms with Crippen LogP contribution in [0.3, 0.4) is 0 Å². The van der Waals surface area contributed by atoms with Gasteiger partial charge in [0.05, 0.1) is 15.1 Å². The Morgan fingerprint density at radius 3 is 1.90 bits per heavy atom. The summed E-state index contributed by atoms with van der Waals surface area (Å²) in [4.78, 5) is 10.8. The molecule has 0 aromatic heterocycles. The minimum atomic E-state index is -1.68. The molecule has 0 heterocycles. The molecular weight excluding hydrogens is 358 g/mol. The Hall–Kier alpha value is -0.970. The normalized spacial score (nSPS) is 12.2. The van der Waals surface area contributed by atoms with Crippen LogP contribution < -0.4 is 0 Å². The number of aliphatic carboxylic acids is 1. The van der Waals surface area contributed by atoms with Gasteiger partial charge in [-0.2, -0.15) is 0 Å². The molecule has 21 heavy (non-hydrogen) atoms. The minimum absolute atomic E-state index is 0.110. The summed E-state index contributed by atoms with van der Waals surface area (Å²) in [5, 5.41) is 19.3. The maximum absolute atomic E-state index is 10.8. The Bertz CT molecular complexity index is 692. The molecule has 2 N–H and O–H groups in total. The molecule has 0 aliphatic carbocycles. The van der Waals surface area contributed by atoms with Gasteiger partial charge in [0.15, 0.2) is 6.10 Å². The van der Waals surface area contributed by atoms with Crippen molar-refractivity contribution in [1.29, 1.82) is 0 Å². The Morgan fingerprint density at radius 2 is 1.43 bits per heavy atom. The minimum Gasteiger partial charge on any atom is -0.479 e. The summed E-state index contributed by atoms with van der Waals surface area (Å²) in [6.07, 6.45) is -1.68. The molecule has 0 bridgehead atoms. The lowest BCUT2D eigenvalue weighted by Gasteiger charge is -2.11. The molecule has 0 aliphatic rings. The molecule has 1 atom stereocenters. The van der Waals surface area contributed by atoms with Crippen LogP contribution in [-0.4, -0.2) is 16.2 Å². The van der Waals surface area contributed by atoms with Crippen molar-refractivity contribution >= 4 is 52.4 Å². The number of carboxylic acid groups (broad SMARTS) is 1. The van der Waals surface area contributed by atoms with Crippen LogP contribution in [0.1, 0.15) is 11.7 Å². The molecule has 2 rings (SSSR count). The highest BCUT2D eigenvalue weighted by atomic mass is 35.5. The molecule has 0 saturated heterocycles. The third kappa shape index (κ3) is 3.44. The van der Waals surface area contributed by atoms with Gasteiger partial charge in [-0.3, -0.25) is 0 Å². The first-order valence-corrected chi connectivity index (χ1v) is 7.17. The lowest BCUT2D eigenvalue weighted by Crippen LogP contribution is -2.10. The lowest BCUT2D eigenvalue weighted by atomic mass is 10.0. The van der Waals surface area contributed by atoms with E-state index in [0.717, 1.165) is 0 Å². The molecule has 110 valence electrons. The number of aliphatic hydroxyl groups excluding tert-OH is 1. The summed E-state index contributed by atoms with van der Waals surface area (Å²) in [7, 11) is 0. The van der Waals surface area contributed by atoms with Crippen LogP contribution >= 0.6 is 46.4 Å². The van der Waals surface area contributed by atoms with Crippen LogP contribution in [0.25, 0.3) is 11.1 Å². The van der Waals surface area contributed by atoms with E-state index < -0.39 is 12.1 Å². The van der Waals surface area contributed by atoms with Crippen LogP contribution in [0.4, 0.5) is 0 Å². The molecule has 0 spiro atoms. The molecule has 2 aromatic rings. The molecule has 1 unspecified atom stereocenters. The van der Waals surface area contributed by atoms with Gasteiger partial charge < -0.3 is 10.2 Å². The Labute approximate surface area is 140 Å². The Balaban J connectivity index is 2.48. The Morgan fingerprint density at radius 1 is 0.905 bits per heavy atom. The number of benzene rings is 2. The summed E-state index contributed by atoms with van der Waals surface area (Å²) >= 11 is 23.8. The van der Waals surface area contributed by atoms with E-state index >= 15 is 0 Å². The van der Waals surface area contributed by atoms with Gasteiger partial charge in [-0.05, 0) is 29.3 Å². The maximum atomic E-state index is 10.8. The second kappa shape index (κ2) is 6.42. The third-order valence-corrected chi connectivity index (χ3v) is 4.37. The van der Waals surface area contributed by atoms with E-state index in [4.69, 9.17) is 51.5 Å². The first-order valence-electron chi connectivity index (χ1n) is 5.66. The van der Waals surface area contributed by atoms with Gasteiger partial charge in [-0.25, -0.2) is 4.79 Å². The number of carbonyl (C=O) groups is 1. The molecule has 0 fully saturated rings. The maximum Gasteiger partial charge on any atom is 0.337 e. The van der Waals surface area contributed by atoms with Crippen molar-refractivity contribution < 1.29 is 15.0 Å². The smallest absolute Gasteiger partial charge is 0.337 e. The van der Waals surface area contributed by atoms with Crippen molar-refractivity contribution in [3.63, 3.8) is 0 Å². The average Bonchev–Trinajstić information content (AvgIpc) is 2.43. The predicted molar refractivity (Wildman–Crippen MR) is 84.5 cm³/mol. The van der Waals surface area contributed by atoms with E-state index in [1.165, 1.54) is 12.1 Å². The van der Waals surface area contributed by atoms with E-state index in [-0.39, 0.29) is 15.6 Å². The van der Waals surface area contributed by atoms with E-state index in [2.05, 4.69) is 0 Å². The topological polar surface area (TPSA) is 57.5 Å². The zero-order chi connectivity index (χ0) is 15.7. The fourth-order valence-electron chi connectivity index (χ4n) is 1.78. The Kier molecular flexibility index (Phi) is 5.02. The highest BCUT2D eigenvalue weighted by molar-refractivity contribution is 6.48. The fourth-order valence-corrected chi connectivity index (χ4v) is 2.66. The van der Waals surface area contributed by atoms with Crippen LogP contribution in [0.5, 0.6) is 0 Å². The van der Waals surface area contributed by atoms with Crippen LogP contribution in [-0.2, 0) is 4.79 Å². The van der Waals surface area contributed by atoms with Gasteiger partial charge >= 0.3 is 5.97 Å². The summed E-state index contributed by atoms with van der Waals surface area (Å²) in [5.74, 6) is -1.37. The second-order valence-electron chi connectivity index (χ2n) is 4.23. The molecule has 0 radical (unpaired) electrons. The number of hydrogen-bond acceptors (Lipinski definition) is 2. The van der Waals surface area contributed by atoms with Crippen molar-refractivity contribution in [3.8, 4) is 11.1 Å². The molecular formula is C14H8Cl4O3. The second-order valence-corrected chi connectivity index (χ2v) is 5.83. The van der Waals surface area contributed by atoms with Gasteiger partial charge in [-0.1, -0.05) is 58.5 Å². The third-order valence-electron chi connectivity index (χ3n) is 2.85. The van der Waals surface area contributed by atoms with Crippen molar-refractivity contribution in [1.82, 2.24) is 0 Å². The molecule has 0 amide bonds. The van der Waals surface area contributed by atoms with Gasteiger partial charge in [-0.15, -0.1) is 0 Å². The summed E-state index contributed by atoms with van der Waals surface area (Å²) < 4.78 is 0. The number of rotatable bonds is 3. The molecule has 7 heteroatoms. The molecule has 0 saturated carbocycles. The summed E-state index contributed by atoms with van der Waals surface area (Å²) in [5.41, 5.74) is 1.45. The first kappa shape index (κ1) is 16.4. The molecule has 3 nitrogen and oxygen atoms in total. The number of aliphatic hydroxyl groups is 1. The average molecular weight is 366 g/mol. The van der Waals surface area contributed by atoms with Gasteiger partial charge in [0.1, 0.15) is 0 Å². The highest BCUT2D eigenvalue weighted by Crippen LogP contribution is 2.36. The highest BCUT2D eigenvalue weighted by Gasteiger charge is 2.19. The summed E-state index contributed by atoms with van der Waals surface area (Å²) in [6, 6.07) is 7.82. The van der Waals surface area contributed by atoms with Crippen molar-refractivity contribution in [2.75, 3.05) is 0 Å². The van der Waals surface area contributed by atoms with Crippen molar-refractivity contribution in [2.24, 2.45) is 0 Å². The van der Waals surface area contributed by atoms with Crippen LogP contribution in [0.15, 0.2) is 30.3 Å². The van der Waals surface area contributed by atoms with E-state index in [1.807, 2.05) is 0 Å². The zero-order valence-electron chi connectivity index (χ0n) is 10.3. The van der Waals surface area contributed by atoms with E-state index in [9.17, 15) is 9.90 Å². The molecule has 2 aromatic carbocycles. The number of hydrogen-bond donors (Lipinski definition) is 2. The number of carboxylic acids is 1. The number of halogens is 4. The quantitative estimate of drug-likeness (QED) is 0.745. The van der Waals surface area contributed by atoms with Crippen LogP contribution in [0.2, 0.25) is 20.1 Å². The monoisotopic (exact) mass is 364 g/mol. The lowest BCUT2D eigenvalue weighted by molar-refractivity contribution is -0.146. The standard InChI is InChI=1S/C14H8Cl4O3/c15-9-3-6(1-2-8(9)13(19)14(20)21)7-4-10(16)12(18)11(17)5-7/h1-5,13,19H,(H,20,21). The van der Waals surface area contributed by atoms with E-state index in [1.54, 1.807) is 18.2 Å². The fraction of sp³-hybridized carbons (Fsp3) is 0.0714. The molecule has 0 aliphatic heterocycles. The van der Waals surface area contributed by atoms with Crippen molar-refractivity contribution in [3.05, 3.63) is 56.0 Å². The van der Waals surface area contributed by atoms with Gasteiger partial charge in [0.2, 0.25) is 0 Å². The van der Waals surface area contributed by atoms with Gasteiger partial charge in [0, 0.05) is 10.6 Å². The summed E-state index contributed by atoms with van der Waals surface area (Å²) in [6.45, 7) is 0. The van der Waals surface area contributed by atoms with Gasteiger partial charge in [0.25, 0.3) is 0 Å². The first-order chi connectivity index (χ1) is 9.81.